The zero-order valence-corrected chi connectivity index (χ0v) is 12.7. The van der Waals surface area contributed by atoms with Gasteiger partial charge in [0.05, 0.1) is 0 Å². The molecule has 0 amide bonds. The van der Waals surface area contributed by atoms with Crippen LogP contribution in [0, 0.1) is 0 Å². The highest BCUT2D eigenvalue weighted by molar-refractivity contribution is 5.71. The van der Waals surface area contributed by atoms with E-state index < -0.39 is 0 Å². The average molecular weight is 268 g/mol. The van der Waals surface area contributed by atoms with Crippen molar-refractivity contribution < 1.29 is 0 Å². The standard InChI is InChI=1S/C18H24N2/c1-4-19-16-10-8-6-7-9-11-17-12-14-18(15-13-17)20(3)5-2/h6-16H,4-5H2,1-3H3/b7-6+,10-8-,11-9+,19-16?. The van der Waals surface area contributed by atoms with E-state index in [-0.39, 0.29) is 0 Å². The Hall–Kier alpha value is -2.09. The van der Waals surface area contributed by atoms with Gasteiger partial charge in [0.15, 0.2) is 0 Å². The largest absolute Gasteiger partial charge is 0.375 e. The third-order valence-electron chi connectivity index (χ3n) is 2.92. The van der Waals surface area contributed by atoms with Crippen LogP contribution in [0.1, 0.15) is 19.4 Å². The summed E-state index contributed by atoms with van der Waals surface area (Å²) in [5.74, 6) is 0. The molecule has 0 saturated heterocycles. The molecule has 0 heterocycles. The maximum atomic E-state index is 4.10. The average Bonchev–Trinajstić information content (AvgIpc) is 2.50. The third-order valence-corrected chi connectivity index (χ3v) is 2.92. The van der Waals surface area contributed by atoms with Gasteiger partial charge in [-0.05, 0) is 37.6 Å². The van der Waals surface area contributed by atoms with Crippen molar-refractivity contribution in [3.63, 3.8) is 0 Å². The van der Waals surface area contributed by atoms with Gasteiger partial charge >= 0.3 is 0 Å². The molecule has 0 unspecified atom stereocenters. The summed E-state index contributed by atoms with van der Waals surface area (Å²) in [7, 11) is 2.10. The second kappa shape index (κ2) is 9.79. The Morgan fingerprint density at radius 1 is 0.950 bits per heavy atom. The zero-order valence-electron chi connectivity index (χ0n) is 12.7. The summed E-state index contributed by atoms with van der Waals surface area (Å²) in [6.07, 6.45) is 13.9. The van der Waals surface area contributed by atoms with Gasteiger partial charge in [0.1, 0.15) is 0 Å². The Morgan fingerprint density at radius 2 is 1.60 bits per heavy atom. The summed E-state index contributed by atoms with van der Waals surface area (Å²) in [4.78, 5) is 6.32. The Labute approximate surface area is 122 Å². The van der Waals surface area contributed by atoms with Gasteiger partial charge in [0, 0.05) is 32.0 Å². The maximum absolute atomic E-state index is 4.10. The van der Waals surface area contributed by atoms with Gasteiger partial charge in [-0.15, -0.1) is 0 Å². The zero-order chi connectivity index (χ0) is 14.6. The first-order chi connectivity index (χ1) is 9.77. The van der Waals surface area contributed by atoms with Crippen molar-refractivity contribution in [3.05, 3.63) is 60.2 Å². The molecule has 0 spiro atoms. The van der Waals surface area contributed by atoms with Gasteiger partial charge in [0.2, 0.25) is 0 Å². The van der Waals surface area contributed by atoms with Crippen LogP contribution >= 0.6 is 0 Å². The summed E-state index contributed by atoms with van der Waals surface area (Å²) in [6.45, 7) is 6.02. The first-order valence-corrected chi connectivity index (χ1v) is 7.09. The van der Waals surface area contributed by atoms with Gasteiger partial charge in [-0.1, -0.05) is 42.5 Å². The normalized spacial score (nSPS) is 12.3. The lowest BCUT2D eigenvalue weighted by atomic mass is 10.2. The molecule has 0 radical (unpaired) electrons. The van der Waals surface area contributed by atoms with E-state index in [1.54, 1.807) is 0 Å². The molecule has 106 valence electrons. The number of hydrogen-bond donors (Lipinski definition) is 0. The fourth-order valence-corrected chi connectivity index (χ4v) is 1.60. The van der Waals surface area contributed by atoms with Gasteiger partial charge in [0.25, 0.3) is 0 Å². The third kappa shape index (κ3) is 6.19. The molecule has 20 heavy (non-hydrogen) atoms. The minimum atomic E-state index is 0.831. The van der Waals surface area contributed by atoms with E-state index >= 15 is 0 Å². The monoisotopic (exact) mass is 268 g/mol. The first kappa shape index (κ1) is 16.0. The van der Waals surface area contributed by atoms with Crippen molar-refractivity contribution in [1.82, 2.24) is 0 Å². The van der Waals surface area contributed by atoms with Crippen molar-refractivity contribution >= 4 is 18.0 Å². The number of nitrogens with zero attached hydrogens (tertiary/aromatic N) is 2. The molecule has 0 aliphatic carbocycles. The minimum Gasteiger partial charge on any atom is -0.375 e. The second-order valence-corrected chi connectivity index (χ2v) is 4.38. The van der Waals surface area contributed by atoms with Crippen LogP contribution in [0.25, 0.3) is 6.08 Å². The molecule has 0 bridgehead atoms. The first-order valence-electron chi connectivity index (χ1n) is 7.09. The number of anilines is 1. The predicted molar refractivity (Wildman–Crippen MR) is 91.7 cm³/mol. The number of rotatable bonds is 7. The highest BCUT2D eigenvalue weighted by Gasteiger charge is 1.95. The van der Waals surface area contributed by atoms with Crippen LogP contribution in [-0.4, -0.2) is 26.4 Å². The lowest BCUT2D eigenvalue weighted by molar-refractivity contribution is 0.968. The van der Waals surface area contributed by atoms with Crippen LogP contribution in [-0.2, 0) is 0 Å². The highest BCUT2D eigenvalue weighted by atomic mass is 15.1. The van der Waals surface area contributed by atoms with Crippen LogP contribution in [0.3, 0.4) is 0 Å². The van der Waals surface area contributed by atoms with Crippen LogP contribution in [0.15, 0.2) is 59.6 Å². The van der Waals surface area contributed by atoms with E-state index in [0.717, 1.165) is 13.1 Å². The van der Waals surface area contributed by atoms with Crippen LogP contribution in [0.5, 0.6) is 0 Å². The summed E-state index contributed by atoms with van der Waals surface area (Å²) < 4.78 is 0. The molecule has 2 nitrogen and oxygen atoms in total. The minimum absolute atomic E-state index is 0.831. The summed E-state index contributed by atoms with van der Waals surface area (Å²) in [5.41, 5.74) is 2.46. The molecule has 2 heteroatoms. The Balaban J connectivity index is 2.48. The van der Waals surface area contributed by atoms with Crippen molar-refractivity contribution in [3.8, 4) is 0 Å². The number of hydrogen-bond acceptors (Lipinski definition) is 2. The highest BCUT2D eigenvalue weighted by Crippen LogP contribution is 2.14. The molecule has 1 aromatic rings. The van der Waals surface area contributed by atoms with Crippen molar-refractivity contribution in [1.29, 1.82) is 0 Å². The molecule has 0 saturated carbocycles. The topological polar surface area (TPSA) is 15.6 Å². The fourth-order valence-electron chi connectivity index (χ4n) is 1.60. The molecule has 0 aliphatic rings. The molecule has 0 atom stereocenters. The predicted octanol–water partition coefficient (Wildman–Crippen LogP) is 4.36. The molecular weight excluding hydrogens is 244 g/mol. The van der Waals surface area contributed by atoms with E-state index in [0.29, 0.717) is 0 Å². The molecule has 1 rings (SSSR count). The molecule has 0 aromatic heterocycles. The van der Waals surface area contributed by atoms with Gasteiger partial charge in [-0.2, -0.15) is 0 Å². The van der Waals surface area contributed by atoms with Crippen molar-refractivity contribution in [2.24, 2.45) is 4.99 Å². The van der Waals surface area contributed by atoms with Gasteiger partial charge in [-0.25, -0.2) is 0 Å². The van der Waals surface area contributed by atoms with E-state index in [1.807, 2.05) is 43.5 Å². The molecule has 0 N–H and O–H groups in total. The number of benzene rings is 1. The van der Waals surface area contributed by atoms with E-state index in [1.165, 1.54) is 11.3 Å². The Morgan fingerprint density at radius 3 is 2.25 bits per heavy atom. The van der Waals surface area contributed by atoms with E-state index in [9.17, 15) is 0 Å². The smallest absolute Gasteiger partial charge is 0.0363 e. The maximum Gasteiger partial charge on any atom is 0.0363 e. The summed E-state index contributed by atoms with van der Waals surface area (Å²) in [5, 5.41) is 0. The quantitative estimate of drug-likeness (QED) is 0.530. The molecule has 1 aromatic carbocycles. The van der Waals surface area contributed by atoms with Crippen LogP contribution in [0.2, 0.25) is 0 Å². The lowest BCUT2D eigenvalue weighted by Crippen LogP contribution is -2.15. The summed E-state index contributed by atoms with van der Waals surface area (Å²) in [6, 6.07) is 8.56. The Bertz CT molecular complexity index is 479. The van der Waals surface area contributed by atoms with Gasteiger partial charge < -0.3 is 4.90 Å². The van der Waals surface area contributed by atoms with Crippen LogP contribution < -0.4 is 4.90 Å². The number of aliphatic imine (C=N–C) groups is 1. The van der Waals surface area contributed by atoms with Crippen molar-refractivity contribution in [2.45, 2.75) is 13.8 Å². The van der Waals surface area contributed by atoms with Gasteiger partial charge in [-0.3, -0.25) is 4.99 Å². The molecule has 0 fully saturated rings. The summed E-state index contributed by atoms with van der Waals surface area (Å²) >= 11 is 0. The SMILES string of the molecule is CCN=C\C=C/C=C/C=C/c1ccc(N(C)CC)cc1. The second-order valence-electron chi connectivity index (χ2n) is 4.38. The Kier molecular flexibility index (Phi) is 7.82. The van der Waals surface area contributed by atoms with E-state index in [4.69, 9.17) is 0 Å². The van der Waals surface area contributed by atoms with Crippen molar-refractivity contribution in [2.75, 3.05) is 25.0 Å². The fraction of sp³-hybridized carbons (Fsp3) is 0.278. The lowest BCUT2D eigenvalue weighted by Gasteiger charge is -2.16. The molecular formula is C18H24N2. The van der Waals surface area contributed by atoms with E-state index in [2.05, 4.69) is 54.2 Å². The van der Waals surface area contributed by atoms with Crippen LogP contribution in [0.4, 0.5) is 5.69 Å². The number of allylic oxidation sites excluding steroid dienone is 5. The molecule has 0 aliphatic heterocycles.